The van der Waals surface area contributed by atoms with E-state index in [1.165, 1.54) is 39.2 Å². The normalized spacial score (nSPS) is 11.9. The molecule has 0 aliphatic heterocycles. The van der Waals surface area contributed by atoms with Crippen molar-refractivity contribution >= 4 is 11.0 Å². The van der Waals surface area contributed by atoms with E-state index in [2.05, 4.69) is 117 Å². The molecule has 1 aromatic heterocycles. The summed E-state index contributed by atoms with van der Waals surface area (Å²) in [7, 11) is 2.17. The molecule has 2 heteroatoms. The van der Waals surface area contributed by atoms with Gasteiger partial charge in [0.25, 0.3) is 5.82 Å². The topological polar surface area (TPSA) is 8.81 Å². The van der Waals surface area contributed by atoms with E-state index in [0.717, 1.165) is 6.42 Å². The van der Waals surface area contributed by atoms with Crippen molar-refractivity contribution in [3.05, 3.63) is 84.2 Å². The highest BCUT2D eigenvalue weighted by molar-refractivity contribution is 5.80. The minimum atomic E-state index is 0.110. The van der Waals surface area contributed by atoms with E-state index in [0.29, 0.717) is 0 Å². The second-order valence-corrected chi connectivity index (χ2v) is 8.50. The summed E-state index contributed by atoms with van der Waals surface area (Å²) in [6, 6.07) is 26.4. The predicted octanol–water partition coefficient (Wildman–Crippen LogP) is 5.98. The van der Waals surface area contributed by atoms with Crippen LogP contribution in [-0.2, 0) is 18.9 Å². The number of rotatable bonds is 3. The Bertz CT molecular complexity index is 1130. The molecule has 0 bridgehead atoms. The van der Waals surface area contributed by atoms with E-state index in [-0.39, 0.29) is 5.41 Å². The van der Waals surface area contributed by atoms with Crippen LogP contribution in [0.5, 0.6) is 0 Å². The van der Waals surface area contributed by atoms with Crippen molar-refractivity contribution in [2.45, 2.75) is 39.5 Å². The summed E-state index contributed by atoms with van der Waals surface area (Å²) < 4.78 is 4.76. The molecular weight excluding hydrogens is 340 g/mol. The van der Waals surface area contributed by atoms with Gasteiger partial charge in [-0.2, -0.15) is 4.57 Å². The average Bonchev–Trinajstić information content (AvgIpc) is 2.99. The first kappa shape index (κ1) is 18.5. The lowest BCUT2D eigenvalue weighted by Gasteiger charge is -2.21. The van der Waals surface area contributed by atoms with E-state index in [1.807, 2.05) is 0 Å². The zero-order chi connectivity index (χ0) is 19.9. The van der Waals surface area contributed by atoms with Gasteiger partial charge in [0, 0.05) is 12.0 Å². The van der Waals surface area contributed by atoms with Crippen LogP contribution in [0.4, 0.5) is 0 Å². The summed E-state index contributed by atoms with van der Waals surface area (Å²) in [5, 5.41) is 0. The lowest BCUT2D eigenvalue weighted by atomic mass is 9.85. The van der Waals surface area contributed by atoms with E-state index in [9.17, 15) is 0 Å². The quantitative estimate of drug-likeness (QED) is 0.393. The molecular formula is C26H29N2+. The second kappa shape index (κ2) is 6.94. The lowest BCUT2D eigenvalue weighted by Crippen LogP contribution is -2.32. The van der Waals surface area contributed by atoms with Crippen LogP contribution in [0.25, 0.3) is 27.8 Å². The van der Waals surface area contributed by atoms with Crippen LogP contribution in [0.2, 0.25) is 0 Å². The molecule has 0 aliphatic carbocycles. The highest BCUT2D eigenvalue weighted by Crippen LogP contribution is 2.34. The molecule has 4 rings (SSSR count). The fraction of sp³-hybridized carbons (Fsp3) is 0.269. The zero-order valence-corrected chi connectivity index (χ0v) is 17.5. The molecule has 0 aliphatic rings. The van der Waals surface area contributed by atoms with Crippen molar-refractivity contribution in [2.75, 3.05) is 0 Å². The molecule has 0 unspecified atom stereocenters. The van der Waals surface area contributed by atoms with E-state index >= 15 is 0 Å². The maximum atomic E-state index is 2.43. The zero-order valence-electron chi connectivity index (χ0n) is 17.5. The Kier molecular flexibility index (Phi) is 4.58. The van der Waals surface area contributed by atoms with Gasteiger partial charge >= 0.3 is 0 Å². The van der Waals surface area contributed by atoms with E-state index < -0.39 is 0 Å². The molecule has 0 radical (unpaired) electrons. The molecule has 0 atom stereocenters. The second-order valence-electron chi connectivity index (χ2n) is 8.50. The van der Waals surface area contributed by atoms with Gasteiger partial charge in [0.05, 0.1) is 7.05 Å². The van der Waals surface area contributed by atoms with Gasteiger partial charge in [0.2, 0.25) is 0 Å². The monoisotopic (exact) mass is 369 g/mol. The van der Waals surface area contributed by atoms with Crippen LogP contribution in [0, 0.1) is 0 Å². The molecule has 1 heterocycles. The molecule has 0 N–H and O–H groups in total. The van der Waals surface area contributed by atoms with E-state index in [1.54, 1.807) is 0 Å². The Morgan fingerprint density at radius 3 is 2.21 bits per heavy atom. The van der Waals surface area contributed by atoms with Gasteiger partial charge in [0.1, 0.15) is 5.69 Å². The molecule has 0 saturated carbocycles. The number of nitrogens with zero attached hydrogens (tertiary/aromatic N) is 2. The van der Waals surface area contributed by atoms with Crippen molar-refractivity contribution in [3.8, 4) is 16.8 Å². The van der Waals surface area contributed by atoms with Gasteiger partial charge in [-0.3, -0.25) is 0 Å². The maximum Gasteiger partial charge on any atom is 0.262 e. The first-order chi connectivity index (χ1) is 13.4. The molecule has 3 aromatic carbocycles. The minimum Gasteiger partial charge on any atom is -0.230 e. The highest BCUT2D eigenvalue weighted by atomic mass is 15.2. The van der Waals surface area contributed by atoms with Crippen molar-refractivity contribution < 1.29 is 4.57 Å². The standard InChI is InChI=1S/C26H29N2/c1-6-25-27(5)23-14-10-11-15-24(23)28(25)22-17-16-20(26(2,3)4)18-21(22)19-12-8-7-9-13-19/h7-18H,6H2,1-5H3/q+1. The number of aryl methyl sites for hydroxylation is 1. The number of para-hydroxylation sites is 2. The van der Waals surface area contributed by atoms with Crippen LogP contribution in [0.1, 0.15) is 39.1 Å². The molecule has 2 nitrogen and oxygen atoms in total. The Morgan fingerprint density at radius 1 is 0.857 bits per heavy atom. The molecule has 0 amide bonds. The molecule has 0 spiro atoms. The van der Waals surface area contributed by atoms with Gasteiger partial charge < -0.3 is 0 Å². The van der Waals surface area contributed by atoms with Crippen LogP contribution in [0.3, 0.4) is 0 Å². The first-order valence-corrected chi connectivity index (χ1v) is 10.1. The number of hydrogen-bond acceptors (Lipinski definition) is 0. The highest BCUT2D eigenvalue weighted by Gasteiger charge is 2.26. The Labute approximate surface area is 168 Å². The van der Waals surface area contributed by atoms with Gasteiger partial charge in [-0.1, -0.05) is 76.2 Å². The minimum absolute atomic E-state index is 0.110. The molecule has 142 valence electrons. The van der Waals surface area contributed by atoms with Gasteiger partial charge in [-0.05, 0) is 40.8 Å². The van der Waals surface area contributed by atoms with Crippen LogP contribution in [0.15, 0.2) is 72.8 Å². The van der Waals surface area contributed by atoms with Crippen molar-refractivity contribution in [1.82, 2.24) is 4.57 Å². The molecule has 4 aromatic rings. The fourth-order valence-corrected chi connectivity index (χ4v) is 4.08. The molecule has 0 saturated heterocycles. The average molecular weight is 370 g/mol. The summed E-state index contributed by atoms with van der Waals surface area (Å²) in [6.45, 7) is 9.06. The Balaban J connectivity index is 2.08. The summed E-state index contributed by atoms with van der Waals surface area (Å²) in [5.74, 6) is 1.31. The number of benzene rings is 3. The van der Waals surface area contributed by atoms with Crippen LogP contribution in [-0.4, -0.2) is 4.57 Å². The largest absolute Gasteiger partial charge is 0.262 e. The molecule has 28 heavy (non-hydrogen) atoms. The van der Waals surface area contributed by atoms with Gasteiger partial charge in [-0.25, -0.2) is 4.57 Å². The third-order valence-electron chi connectivity index (χ3n) is 5.63. The first-order valence-electron chi connectivity index (χ1n) is 10.1. The van der Waals surface area contributed by atoms with Gasteiger partial charge in [0.15, 0.2) is 11.0 Å². The number of aromatic nitrogens is 2. The predicted molar refractivity (Wildman–Crippen MR) is 118 cm³/mol. The lowest BCUT2D eigenvalue weighted by molar-refractivity contribution is -0.653. The summed E-state index contributed by atoms with van der Waals surface area (Å²) in [4.78, 5) is 0. The summed E-state index contributed by atoms with van der Waals surface area (Å²) >= 11 is 0. The smallest absolute Gasteiger partial charge is 0.230 e. The number of hydrogen-bond donors (Lipinski definition) is 0. The van der Waals surface area contributed by atoms with Crippen molar-refractivity contribution in [3.63, 3.8) is 0 Å². The van der Waals surface area contributed by atoms with Crippen molar-refractivity contribution in [1.29, 1.82) is 0 Å². The third kappa shape index (κ3) is 3.03. The Morgan fingerprint density at radius 2 is 1.54 bits per heavy atom. The SMILES string of the molecule is CCc1n(-c2ccc(C(C)(C)C)cc2-c2ccccc2)c2ccccc2[n+]1C. The summed E-state index contributed by atoms with van der Waals surface area (Å²) in [5.41, 5.74) is 7.76. The Hall–Kier alpha value is -2.87. The molecule has 0 fully saturated rings. The third-order valence-corrected chi connectivity index (χ3v) is 5.63. The summed E-state index contributed by atoms with van der Waals surface area (Å²) in [6.07, 6.45) is 0.973. The number of fused-ring (bicyclic) bond motifs is 1. The van der Waals surface area contributed by atoms with Crippen molar-refractivity contribution in [2.24, 2.45) is 7.05 Å². The fourth-order valence-electron chi connectivity index (χ4n) is 4.08. The van der Waals surface area contributed by atoms with Crippen LogP contribution >= 0.6 is 0 Å². The maximum absolute atomic E-state index is 2.43. The van der Waals surface area contributed by atoms with E-state index in [4.69, 9.17) is 0 Å². The van der Waals surface area contributed by atoms with Crippen LogP contribution < -0.4 is 4.57 Å². The number of imidazole rings is 1. The van der Waals surface area contributed by atoms with Gasteiger partial charge in [-0.15, -0.1) is 0 Å².